The molecule has 0 amide bonds. The number of halogens is 1. The Morgan fingerprint density at radius 1 is 1.42 bits per heavy atom. The SMILES string of the molecule is CCc1nc(Cl)c(C)c(N2CCC(OC)CC2C)n1. The van der Waals surface area contributed by atoms with Crippen LogP contribution in [-0.4, -0.2) is 35.8 Å². The van der Waals surface area contributed by atoms with E-state index in [1.54, 1.807) is 7.11 Å². The number of rotatable bonds is 3. The Balaban J connectivity index is 2.29. The molecule has 19 heavy (non-hydrogen) atoms. The number of piperidine rings is 1. The van der Waals surface area contributed by atoms with Crippen molar-refractivity contribution in [2.75, 3.05) is 18.6 Å². The van der Waals surface area contributed by atoms with E-state index in [1.165, 1.54) is 0 Å². The number of nitrogens with zero attached hydrogens (tertiary/aromatic N) is 3. The Hall–Kier alpha value is -0.870. The summed E-state index contributed by atoms with van der Waals surface area (Å²) >= 11 is 6.22. The summed E-state index contributed by atoms with van der Waals surface area (Å²) in [6, 6.07) is 0.410. The maximum Gasteiger partial charge on any atom is 0.137 e. The lowest BCUT2D eigenvalue weighted by atomic mass is 10.00. The van der Waals surface area contributed by atoms with Gasteiger partial charge < -0.3 is 9.64 Å². The highest BCUT2D eigenvalue weighted by Crippen LogP contribution is 2.29. The molecule has 2 rings (SSSR count). The minimum atomic E-state index is 0.356. The number of ether oxygens (including phenoxy) is 1. The molecule has 0 N–H and O–H groups in total. The summed E-state index contributed by atoms with van der Waals surface area (Å²) in [6.45, 7) is 7.21. The Morgan fingerprint density at radius 2 is 2.16 bits per heavy atom. The van der Waals surface area contributed by atoms with Gasteiger partial charge in [-0.25, -0.2) is 9.97 Å². The van der Waals surface area contributed by atoms with Gasteiger partial charge in [-0.3, -0.25) is 0 Å². The third-order valence-corrected chi connectivity index (χ3v) is 4.22. The van der Waals surface area contributed by atoms with E-state index >= 15 is 0 Å². The number of hydrogen-bond acceptors (Lipinski definition) is 4. The fourth-order valence-corrected chi connectivity index (χ4v) is 2.80. The molecule has 1 aromatic rings. The minimum Gasteiger partial charge on any atom is -0.381 e. The standard InChI is InChI=1S/C14H22ClN3O/c1-5-12-16-13(15)10(3)14(17-12)18-7-6-11(19-4)8-9(18)2/h9,11H,5-8H2,1-4H3. The largest absolute Gasteiger partial charge is 0.381 e. The quantitative estimate of drug-likeness (QED) is 0.800. The fraction of sp³-hybridized carbons (Fsp3) is 0.714. The van der Waals surface area contributed by atoms with Crippen LogP contribution in [-0.2, 0) is 11.2 Å². The Kier molecular flexibility index (Phi) is 4.63. The van der Waals surface area contributed by atoms with Crippen LogP contribution in [0.1, 0.15) is 38.1 Å². The summed E-state index contributed by atoms with van der Waals surface area (Å²) in [5, 5.41) is 0.572. The topological polar surface area (TPSA) is 38.2 Å². The highest BCUT2D eigenvalue weighted by atomic mass is 35.5. The van der Waals surface area contributed by atoms with Gasteiger partial charge >= 0.3 is 0 Å². The molecule has 1 aliphatic rings. The molecule has 0 spiro atoms. The molecule has 0 aliphatic carbocycles. The average molecular weight is 284 g/mol. The smallest absolute Gasteiger partial charge is 0.137 e. The second-order valence-corrected chi connectivity index (χ2v) is 5.52. The minimum absolute atomic E-state index is 0.356. The summed E-state index contributed by atoms with van der Waals surface area (Å²) in [4.78, 5) is 11.3. The third-order valence-electron chi connectivity index (χ3n) is 3.86. The molecule has 1 aliphatic heterocycles. The first-order valence-corrected chi connectivity index (χ1v) is 7.27. The summed E-state index contributed by atoms with van der Waals surface area (Å²) in [7, 11) is 1.79. The highest BCUT2D eigenvalue weighted by Gasteiger charge is 2.28. The van der Waals surface area contributed by atoms with Crippen LogP contribution in [0.25, 0.3) is 0 Å². The van der Waals surface area contributed by atoms with Crippen LogP contribution in [0.15, 0.2) is 0 Å². The van der Waals surface area contributed by atoms with Crippen LogP contribution in [0.2, 0.25) is 5.15 Å². The molecule has 2 heterocycles. The van der Waals surface area contributed by atoms with Crippen molar-refractivity contribution in [1.29, 1.82) is 0 Å². The van der Waals surface area contributed by atoms with Crippen molar-refractivity contribution >= 4 is 17.4 Å². The summed E-state index contributed by atoms with van der Waals surface area (Å²) in [5.74, 6) is 1.80. The van der Waals surface area contributed by atoms with Gasteiger partial charge in [0.05, 0.1) is 6.10 Å². The zero-order valence-electron chi connectivity index (χ0n) is 12.1. The van der Waals surface area contributed by atoms with Gasteiger partial charge in [-0.1, -0.05) is 18.5 Å². The second-order valence-electron chi connectivity index (χ2n) is 5.16. The van der Waals surface area contributed by atoms with Crippen molar-refractivity contribution in [1.82, 2.24) is 9.97 Å². The first-order valence-electron chi connectivity index (χ1n) is 6.89. The normalized spacial score (nSPS) is 23.7. The van der Waals surface area contributed by atoms with Gasteiger partial charge in [0.25, 0.3) is 0 Å². The molecule has 0 bridgehead atoms. The van der Waals surface area contributed by atoms with Crippen LogP contribution < -0.4 is 4.90 Å². The van der Waals surface area contributed by atoms with Crippen molar-refractivity contribution in [3.63, 3.8) is 0 Å². The molecule has 2 unspecified atom stereocenters. The van der Waals surface area contributed by atoms with E-state index in [4.69, 9.17) is 16.3 Å². The molecular weight excluding hydrogens is 262 g/mol. The second kappa shape index (κ2) is 6.06. The molecule has 0 aromatic carbocycles. The van der Waals surface area contributed by atoms with Gasteiger partial charge in [0.15, 0.2) is 0 Å². The average Bonchev–Trinajstić information content (AvgIpc) is 2.42. The fourth-order valence-electron chi connectivity index (χ4n) is 2.62. The van der Waals surface area contributed by atoms with Crippen LogP contribution >= 0.6 is 11.6 Å². The number of aromatic nitrogens is 2. The van der Waals surface area contributed by atoms with Gasteiger partial charge in [-0.15, -0.1) is 0 Å². The van der Waals surface area contributed by atoms with E-state index in [2.05, 4.69) is 21.8 Å². The predicted octanol–water partition coefficient (Wildman–Crippen LogP) is 3.00. The maximum absolute atomic E-state index is 6.22. The number of anilines is 1. The zero-order chi connectivity index (χ0) is 14.0. The third kappa shape index (κ3) is 3.00. The van der Waals surface area contributed by atoms with E-state index in [9.17, 15) is 0 Å². The predicted molar refractivity (Wildman–Crippen MR) is 78.0 cm³/mol. The van der Waals surface area contributed by atoms with Crippen molar-refractivity contribution in [2.24, 2.45) is 0 Å². The number of methoxy groups -OCH3 is 1. The Bertz CT molecular complexity index is 453. The maximum atomic E-state index is 6.22. The molecule has 5 heteroatoms. The molecule has 1 aromatic heterocycles. The van der Waals surface area contributed by atoms with Crippen molar-refractivity contribution < 1.29 is 4.74 Å². The van der Waals surface area contributed by atoms with Gasteiger partial charge in [0.1, 0.15) is 16.8 Å². The molecule has 2 atom stereocenters. The Morgan fingerprint density at radius 3 is 2.74 bits per heavy atom. The number of aryl methyl sites for hydroxylation is 1. The molecule has 0 saturated carbocycles. The van der Waals surface area contributed by atoms with E-state index in [0.29, 0.717) is 17.3 Å². The monoisotopic (exact) mass is 283 g/mol. The molecule has 0 radical (unpaired) electrons. The summed E-state index contributed by atoms with van der Waals surface area (Å²) < 4.78 is 5.46. The van der Waals surface area contributed by atoms with Crippen molar-refractivity contribution in [3.8, 4) is 0 Å². The lowest BCUT2D eigenvalue weighted by molar-refractivity contribution is 0.0719. The van der Waals surface area contributed by atoms with Crippen molar-refractivity contribution in [2.45, 2.75) is 52.2 Å². The summed E-state index contributed by atoms with van der Waals surface area (Å²) in [6.07, 6.45) is 3.22. The van der Waals surface area contributed by atoms with Crippen LogP contribution in [0.4, 0.5) is 5.82 Å². The van der Waals surface area contributed by atoms with Gasteiger partial charge in [0.2, 0.25) is 0 Å². The van der Waals surface area contributed by atoms with E-state index in [0.717, 1.165) is 43.0 Å². The van der Waals surface area contributed by atoms with E-state index < -0.39 is 0 Å². The van der Waals surface area contributed by atoms with Gasteiger partial charge in [-0.05, 0) is 26.7 Å². The molecular formula is C14H22ClN3O. The highest BCUT2D eigenvalue weighted by molar-refractivity contribution is 6.30. The first-order chi connectivity index (χ1) is 9.06. The molecule has 4 nitrogen and oxygen atoms in total. The van der Waals surface area contributed by atoms with Gasteiger partial charge in [0, 0.05) is 31.7 Å². The molecule has 1 fully saturated rings. The zero-order valence-corrected chi connectivity index (χ0v) is 12.9. The van der Waals surface area contributed by atoms with Crippen molar-refractivity contribution in [3.05, 3.63) is 16.5 Å². The van der Waals surface area contributed by atoms with Gasteiger partial charge in [-0.2, -0.15) is 0 Å². The van der Waals surface area contributed by atoms with Crippen LogP contribution in [0.3, 0.4) is 0 Å². The lowest BCUT2D eigenvalue weighted by Crippen LogP contribution is -2.44. The molecule has 1 saturated heterocycles. The summed E-state index contributed by atoms with van der Waals surface area (Å²) in [5.41, 5.74) is 0.974. The van der Waals surface area contributed by atoms with E-state index in [-0.39, 0.29) is 0 Å². The lowest BCUT2D eigenvalue weighted by Gasteiger charge is -2.38. The van der Waals surface area contributed by atoms with E-state index in [1.807, 2.05) is 13.8 Å². The first kappa shape index (κ1) is 14.5. The Labute approximate surface area is 120 Å². The molecule has 106 valence electrons. The number of hydrogen-bond donors (Lipinski definition) is 0. The van der Waals surface area contributed by atoms with Crippen LogP contribution in [0.5, 0.6) is 0 Å². The van der Waals surface area contributed by atoms with Crippen LogP contribution in [0, 0.1) is 6.92 Å².